The lowest BCUT2D eigenvalue weighted by molar-refractivity contribution is 0.475. The summed E-state index contributed by atoms with van der Waals surface area (Å²) in [6, 6.07) is 15.2. The van der Waals surface area contributed by atoms with Crippen LogP contribution in [0.25, 0.3) is 21.8 Å². The number of hydrogen-bond acceptors (Lipinski definition) is 4. The van der Waals surface area contributed by atoms with Crippen LogP contribution in [0.2, 0.25) is 0 Å². The average molecular weight is 282 g/mol. The molecule has 1 heterocycles. The van der Waals surface area contributed by atoms with Crippen LogP contribution in [-0.2, 0) is 6.54 Å². The molecule has 0 amide bonds. The molecule has 3 rings (SSSR count). The predicted octanol–water partition coefficient (Wildman–Crippen LogP) is 3.64. The van der Waals surface area contributed by atoms with Gasteiger partial charge >= 0.3 is 0 Å². The number of phenols is 1. The van der Waals surface area contributed by atoms with E-state index in [2.05, 4.69) is 11.1 Å². The molecule has 0 aliphatic heterocycles. The van der Waals surface area contributed by atoms with Gasteiger partial charge in [0, 0.05) is 23.1 Å². The van der Waals surface area contributed by atoms with Crippen LogP contribution in [0.4, 0.5) is 0 Å². The van der Waals surface area contributed by atoms with E-state index in [0.29, 0.717) is 6.54 Å². The van der Waals surface area contributed by atoms with Gasteiger partial charge in [-0.25, -0.2) is 4.98 Å². The summed E-state index contributed by atoms with van der Waals surface area (Å²) in [5.41, 5.74) is 9.77. The third-order valence-electron chi connectivity index (χ3n) is 3.08. The highest BCUT2D eigenvalue weighted by molar-refractivity contribution is 7.13. The Morgan fingerprint density at radius 3 is 2.60 bits per heavy atom. The minimum absolute atomic E-state index is 0.264. The van der Waals surface area contributed by atoms with Gasteiger partial charge < -0.3 is 10.8 Å². The third kappa shape index (κ3) is 2.57. The van der Waals surface area contributed by atoms with Crippen LogP contribution >= 0.6 is 11.3 Å². The molecule has 0 fully saturated rings. The molecule has 0 saturated carbocycles. The fourth-order valence-electron chi connectivity index (χ4n) is 2.00. The number of benzene rings is 2. The van der Waals surface area contributed by atoms with Gasteiger partial charge in [-0.15, -0.1) is 11.3 Å². The molecule has 1 aromatic heterocycles. The van der Waals surface area contributed by atoms with Gasteiger partial charge in [-0.2, -0.15) is 0 Å². The Kier molecular flexibility index (Phi) is 3.50. The van der Waals surface area contributed by atoms with E-state index < -0.39 is 0 Å². The van der Waals surface area contributed by atoms with Gasteiger partial charge in [0.2, 0.25) is 0 Å². The minimum atomic E-state index is 0.264. The number of nitrogens with two attached hydrogens (primary N) is 1. The summed E-state index contributed by atoms with van der Waals surface area (Å²) < 4.78 is 0. The second kappa shape index (κ2) is 5.45. The molecular weight excluding hydrogens is 268 g/mol. The molecule has 0 spiro atoms. The smallest absolute Gasteiger partial charge is 0.124 e. The van der Waals surface area contributed by atoms with Crippen molar-refractivity contribution in [2.75, 3.05) is 0 Å². The molecule has 100 valence electrons. The molecule has 0 atom stereocenters. The Labute approximate surface area is 121 Å². The van der Waals surface area contributed by atoms with Crippen molar-refractivity contribution in [2.24, 2.45) is 5.73 Å². The number of phenolic OH excluding ortho intramolecular Hbond substituents is 1. The van der Waals surface area contributed by atoms with Crippen LogP contribution in [0.5, 0.6) is 5.75 Å². The Morgan fingerprint density at radius 1 is 1.05 bits per heavy atom. The molecule has 0 radical (unpaired) electrons. The zero-order chi connectivity index (χ0) is 13.9. The van der Waals surface area contributed by atoms with Crippen molar-refractivity contribution in [2.45, 2.75) is 6.54 Å². The summed E-state index contributed by atoms with van der Waals surface area (Å²) in [5.74, 6) is 0.264. The molecule has 4 heteroatoms. The van der Waals surface area contributed by atoms with Gasteiger partial charge in [0.15, 0.2) is 0 Å². The van der Waals surface area contributed by atoms with E-state index in [1.807, 2.05) is 35.7 Å². The molecule has 0 bridgehead atoms. The quantitative estimate of drug-likeness (QED) is 0.771. The van der Waals surface area contributed by atoms with Crippen LogP contribution < -0.4 is 5.73 Å². The van der Waals surface area contributed by atoms with Gasteiger partial charge in [-0.1, -0.05) is 18.2 Å². The second-order valence-electron chi connectivity index (χ2n) is 4.49. The third-order valence-corrected chi connectivity index (χ3v) is 3.97. The van der Waals surface area contributed by atoms with E-state index in [1.54, 1.807) is 23.5 Å². The van der Waals surface area contributed by atoms with Crippen LogP contribution in [-0.4, -0.2) is 10.1 Å². The second-order valence-corrected chi connectivity index (χ2v) is 5.35. The molecular formula is C16H14N2OS. The summed E-state index contributed by atoms with van der Waals surface area (Å²) in [7, 11) is 0. The van der Waals surface area contributed by atoms with Gasteiger partial charge in [0.1, 0.15) is 10.8 Å². The molecule has 20 heavy (non-hydrogen) atoms. The molecule has 2 aromatic carbocycles. The molecule has 3 aromatic rings. The maximum absolute atomic E-state index is 9.31. The number of nitrogens with zero attached hydrogens (tertiary/aromatic N) is 1. The fourth-order valence-corrected chi connectivity index (χ4v) is 2.83. The standard InChI is InChI=1S/C16H14N2OS/c17-9-11-2-1-3-13(8-11)16-18-15(10-20-16)12-4-6-14(19)7-5-12/h1-8,10,19H,9,17H2. The number of aromatic hydroxyl groups is 1. The highest BCUT2D eigenvalue weighted by Gasteiger charge is 2.07. The van der Waals surface area contributed by atoms with Crippen molar-refractivity contribution in [3.63, 3.8) is 0 Å². The Morgan fingerprint density at radius 2 is 1.85 bits per heavy atom. The predicted molar refractivity (Wildman–Crippen MR) is 82.5 cm³/mol. The number of thiazole rings is 1. The maximum Gasteiger partial charge on any atom is 0.124 e. The zero-order valence-electron chi connectivity index (χ0n) is 10.8. The lowest BCUT2D eigenvalue weighted by Crippen LogP contribution is -1.95. The molecule has 3 N–H and O–H groups in total. The number of aromatic nitrogens is 1. The molecule has 0 aliphatic carbocycles. The summed E-state index contributed by atoms with van der Waals surface area (Å²) in [6.45, 7) is 0.532. The van der Waals surface area contributed by atoms with Crippen molar-refractivity contribution >= 4 is 11.3 Å². The van der Waals surface area contributed by atoms with Crippen molar-refractivity contribution < 1.29 is 5.11 Å². The van der Waals surface area contributed by atoms with Crippen LogP contribution in [0, 0.1) is 0 Å². The maximum atomic E-state index is 9.31. The Hall–Kier alpha value is -2.17. The lowest BCUT2D eigenvalue weighted by Gasteiger charge is -2.00. The minimum Gasteiger partial charge on any atom is -0.508 e. The van der Waals surface area contributed by atoms with Gasteiger partial charge in [-0.3, -0.25) is 0 Å². The highest BCUT2D eigenvalue weighted by Crippen LogP contribution is 2.29. The van der Waals surface area contributed by atoms with Crippen molar-refractivity contribution in [3.05, 3.63) is 59.5 Å². The van der Waals surface area contributed by atoms with Crippen molar-refractivity contribution in [3.8, 4) is 27.6 Å². The Balaban J connectivity index is 1.95. The number of rotatable bonds is 3. The van der Waals surface area contributed by atoms with E-state index >= 15 is 0 Å². The van der Waals surface area contributed by atoms with Gasteiger partial charge in [-0.05, 0) is 35.9 Å². The average Bonchev–Trinajstić information content (AvgIpc) is 2.98. The molecule has 0 saturated heterocycles. The summed E-state index contributed by atoms with van der Waals surface area (Å²) in [5, 5.41) is 12.3. The fraction of sp³-hybridized carbons (Fsp3) is 0.0625. The SMILES string of the molecule is NCc1cccc(-c2nc(-c3ccc(O)cc3)cs2)c1. The first kappa shape index (κ1) is 12.8. The number of hydrogen-bond donors (Lipinski definition) is 2. The topological polar surface area (TPSA) is 59.1 Å². The van der Waals surface area contributed by atoms with Gasteiger partial charge in [0.05, 0.1) is 5.69 Å². The summed E-state index contributed by atoms with van der Waals surface area (Å²) in [6.07, 6.45) is 0. The van der Waals surface area contributed by atoms with Crippen LogP contribution in [0.15, 0.2) is 53.9 Å². The first-order valence-electron chi connectivity index (χ1n) is 6.30. The normalized spacial score (nSPS) is 10.7. The van der Waals surface area contributed by atoms with E-state index in [9.17, 15) is 5.11 Å². The van der Waals surface area contributed by atoms with E-state index in [4.69, 9.17) is 5.73 Å². The first-order chi connectivity index (χ1) is 9.76. The zero-order valence-corrected chi connectivity index (χ0v) is 11.6. The lowest BCUT2D eigenvalue weighted by atomic mass is 10.1. The van der Waals surface area contributed by atoms with Gasteiger partial charge in [0.25, 0.3) is 0 Å². The summed E-state index contributed by atoms with van der Waals surface area (Å²) in [4.78, 5) is 4.65. The first-order valence-corrected chi connectivity index (χ1v) is 7.18. The summed E-state index contributed by atoms with van der Waals surface area (Å²) >= 11 is 1.61. The molecule has 0 aliphatic rings. The van der Waals surface area contributed by atoms with Crippen LogP contribution in [0.1, 0.15) is 5.56 Å². The van der Waals surface area contributed by atoms with Crippen molar-refractivity contribution in [1.29, 1.82) is 0 Å². The molecule has 3 nitrogen and oxygen atoms in total. The largest absolute Gasteiger partial charge is 0.508 e. The highest BCUT2D eigenvalue weighted by atomic mass is 32.1. The van der Waals surface area contributed by atoms with E-state index in [0.717, 1.165) is 27.4 Å². The molecule has 0 unspecified atom stereocenters. The van der Waals surface area contributed by atoms with E-state index in [1.165, 1.54) is 0 Å². The van der Waals surface area contributed by atoms with Crippen molar-refractivity contribution in [1.82, 2.24) is 4.98 Å². The Bertz CT molecular complexity index is 719. The van der Waals surface area contributed by atoms with Crippen LogP contribution in [0.3, 0.4) is 0 Å². The monoisotopic (exact) mass is 282 g/mol. The van der Waals surface area contributed by atoms with E-state index in [-0.39, 0.29) is 5.75 Å².